The number of amides is 1. The molecule has 2 aromatic heterocycles. The summed E-state index contributed by atoms with van der Waals surface area (Å²) in [5, 5.41) is 22.5. The summed E-state index contributed by atoms with van der Waals surface area (Å²) in [7, 11) is 0. The summed E-state index contributed by atoms with van der Waals surface area (Å²) in [6.07, 6.45) is -0.814. The largest absolute Gasteiger partial charge is 0.394 e. The number of nitrogens with zero attached hydrogens (tertiary/aromatic N) is 2. The predicted molar refractivity (Wildman–Crippen MR) is 92.8 cm³/mol. The van der Waals surface area contributed by atoms with Crippen molar-refractivity contribution in [2.75, 3.05) is 6.61 Å². The molecule has 148 valence electrons. The van der Waals surface area contributed by atoms with Gasteiger partial charge in [-0.3, -0.25) is 24.1 Å². The van der Waals surface area contributed by atoms with Gasteiger partial charge in [0, 0.05) is 0 Å². The minimum Gasteiger partial charge on any atom is -0.394 e. The molecule has 0 bridgehead atoms. The topological polar surface area (TPSA) is 188 Å². The highest BCUT2D eigenvalue weighted by Crippen LogP contribution is 2.30. The number of fused-ring (bicyclic) bond motifs is 1. The Balaban J connectivity index is 1.98. The van der Waals surface area contributed by atoms with Crippen LogP contribution in [0.5, 0.6) is 0 Å². The van der Waals surface area contributed by atoms with E-state index in [1.165, 1.54) is 10.9 Å². The third kappa shape index (κ3) is 3.51. The van der Waals surface area contributed by atoms with E-state index < -0.39 is 54.3 Å². The van der Waals surface area contributed by atoms with E-state index in [1.54, 1.807) is 0 Å². The van der Waals surface area contributed by atoms with E-state index >= 15 is 0 Å². The van der Waals surface area contributed by atoms with Crippen molar-refractivity contribution in [2.45, 2.75) is 50.3 Å². The van der Waals surface area contributed by atoms with E-state index in [0.717, 1.165) is 0 Å². The molecule has 3 rings (SSSR count). The molecule has 2 aromatic rings. The molecule has 0 aromatic carbocycles. The molecule has 1 amide bonds. The fourth-order valence-corrected chi connectivity index (χ4v) is 3.15. The number of aliphatic hydroxyl groups is 2. The molecule has 1 aliphatic heterocycles. The molecule has 12 heteroatoms. The van der Waals surface area contributed by atoms with Crippen molar-refractivity contribution in [2.24, 2.45) is 5.73 Å². The highest BCUT2D eigenvalue weighted by atomic mass is 16.5. The molecule has 1 saturated heterocycles. The van der Waals surface area contributed by atoms with Gasteiger partial charge in [-0.05, 0) is 6.42 Å². The molecule has 0 spiro atoms. The highest BCUT2D eigenvalue weighted by molar-refractivity contribution is 5.82. The third-order valence-corrected chi connectivity index (χ3v) is 4.54. The molecule has 12 nitrogen and oxygen atoms in total. The van der Waals surface area contributed by atoms with Crippen LogP contribution in [0.25, 0.3) is 11.2 Å². The number of H-pyrrole nitrogens is 2. The van der Waals surface area contributed by atoms with E-state index in [2.05, 4.69) is 20.3 Å². The van der Waals surface area contributed by atoms with Gasteiger partial charge in [0.15, 0.2) is 11.7 Å². The summed E-state index contributed by atoms with van der Waals surface area (Å²) in [4.78, 5) is 44.2. The van der Waals surface area contributed by atoms with E-state index in [4.69, 9.17) is 10.5 Å². The van der Waals surface area contributed by atoms with Crippen molar-refractivity contribution >= 4 is 17.1 Å². The van der Waals surface area contributed by atoms with Crippen molar-refractivity contribution in [1.82, 2.24) is 24.8 Å². The van der Waals surface area contributed by atoms with Gasteiger partial charge >= 0.3 is 5.69 Å². The Morgan fingerprint density at radius 3 is 2.89 bits per heavy atom. The van der Waals surface area contributed by atoms with Gasteiger partial charge in [0.05, 0.1) is 19.0 Å². The van der Waals surface area contributed by atoms with Crippen molar-refractivity contribution in [3.05, 3.63) is 27.2 Å². The third-order valence-electron chi connectivity index (χ3n) is 4.54. The number of aromatic amines is 2. The zero-order valence-corrected chi connectivity index (χ0v) is 14.6. The summed E-state index contributed by atoms with van der Waals surface area (Å²) < 4.78 is 6.96. The first kappa shape index (κ1) is 19.2. The molecule has 5 atom stereocenters. The quantitative estimate of drug-likeness (QED) is 0.310. The second kappa shape index (κ2) is 7.60. The van der Waals surface area contributed by atoms with E-state index in [0.29, 0.717) is 12.8 Å². The summed E-state index contributed by atoms with van der Waals surface area (Å²) in [6.45, 7) is 1.39. The number of hydrogen-bond donors (Lipinski definition) is 6. The molecule has 3 heterocycles. The maximum atomic E-state index is 12.3. The Morgan fingerprint density at radius 2 is 2.22 bits per heavy atom. The lowest BCUT2D eigenvalue weighted by molar-refractivity contribution is -0.124. The van der Waals surface area contributed by atoms with Gasteiger partial charge in [0.1, 0.15) is 23.9 Å². The average Bonchev–Trinajstić information content (AvgIpc) is 3.17. The molecule has 0 saturated carbocycles. The first-order valence-corrected chi connectivity index (χ1v) is 8.56. The van der Waals surface area contributed by atoms with Crippen LogP contribution in [0.2, 0.25) is 0 Å². The Morgan fingerprint density at radius 1 is 1.48 bits per heavy atom. The van der Waals surface area contributed by atoms with Gasteiger partial charge in [0.2, 0.25) is 5.91 Å². The van der Waals surface area contributed by atoms with Crippen LogP contribution in [0, 0.1) is 0 Å². The van der Waals surface area contributed by atoms with Crippen LogP contribution >= 0.6 is 0 Å². The number of hydrogen-bond acceptors (Lipinski definition) is 8. The number of carbonyl (C=O) groups excluding carboxylic acids is 1. The zero-order chi connectivity index (χ0) is 19.7. The SMILES string of the molecule is CCCC(N)C(=O)N[C@H]1C(O)[C@@H](CO)O[C@H]1n1cnc2c(=O)[nH]c(=O)[nH]c21. The minimum absolute atomic E-state index is 0.0344. The van der Waals surface area contributed by atoms with Crippen molar-refractivity contribution < 1.29 is 19.7 Å². The molecule has 1 aliphatic rings. The summed E-state index contributed by atoms with van der Waals surface area (Å²) >= 11 is 0. The van der Waals surface area contributed by atoms with E-state index in [1.807, 2.05) is 6.92 Å². The minimum atomic E-state index is -1.23. The Hall–Kier alpha value is -2.54. The zero-order valence-electron chi connectivity index (χ0n) is 14.6. The molecular weight excluding hydrogens is 360 g/mol. The number of ether oxygens (including phenoxy) is 1. The Bertz CT molecular complexity index is 935. The molecule has 0 radical (unpaired) electrons. The smallest absolute Gasteiger partial charge is 0.327 e. The molecule has 27 heavy (non-hydrogen) atoms. The van der Waals surface area contributed by atoms with Crippen LogP contribution in [0.3, 0.4) is 0 Å². The van der Waals surface area contributed by atoms with Gasteiger partial charge in [-0.25, -0.2) is 9.78 Å². The van der Waals surface area contributed by atoms with Crippen LogP contribution in [0.15, 0.2) is 15.9 Å². The maximum Gasteiger partial charge on any atom is 0.327 e. The first-order valence-electron chi connectivity index (χ1n) is 8.56. The molecular formula is C15H22N6O6. The van der Waals surface area contributed by atoms with Crippen LogP contribution in [-0.2, 0) is 9.53 Å². The fourth-order valence-electron chi connectivity index (χ4n) is 3.15. The maximum absolute atomic E-state index is 12.3. The van der Waals surface area contributed by atoms with Crippen LogP contribution < -0.4 is 22.3 Å². The van der Waals surface area contributed by atoms with Gasteiger partial charge in [-0.2, -0.15) is 0 Å². The van der Waals surface area contributed by atoms with E-state index in [9.17, 15) is 24.6 Å². The Labute approximate surface area is 152 Å². The number of imidazole rings is 1. The number of aliphatic hydroxyl groups excluding tert-OH is 2. The second-order valence-electron chi connectivity index (χ2n) is 6.43. The van der Waals surface area contributed by atoms with Gasteiger partial charge in [-0.15, -0.1) is 0 Å². The van der Waals surface area contributed by atoms with E-state index in [-0.39, 0.29) is 11.2 Å². The number of rotatable bonds is 6. The van der Waals surface area contributed by atoms with Gasteiger partial charge < -0.3 is 26.0 Å². The number of nitrogens with one attached hydrogen (secondary N) is 3. The van der Waals surface area contributed by atoms with Crippen molar-refractivity contribution in [3.8, 4) is 0 Å². The normalized spacial score (nSPS) is 26.4. The highest BCUT2D eigenvalue weighted by Gasteiger charge is 2.46. The van der Waals surface area contributed by atoms with Gasteiger partial charge in [-0.1, -0.05) is 13.3 Å². The molecule has 0 aliphatic carbocycles. The number of carbonyl (C=O) groups is 1. The summed E-state index contributed by atoms with van der Waals surface area (Å²) in [6, 6.07) is -1.74. The van der Waals surface area contributed by atoms with Crippen molar-refractivity contribution in [1.29, 1.82) is 0 Å². The average molecular weight is 382 g/mol. The lowest BCUT2D eigenvalue weighted by atomic mass is 10.1. The number of aromatic nitrogens is 4. The molecule has 2 unspecified atom stereocenters. The van der Waals surface area contributed by atoms with Crippen LogP contribution in [0.4, 0.5) is 0 Å². The number of nitrogens with two attached hydrogens (primary N) is 1. The summed E-state index contributed by atoms with van der Waals surface area (Å²) in [5.74, 6) is -0.483. The monoisotopic (exact) mass is 382 g/mol. The lowest BCUT2D eigenvalue weighted by Crippen LogP contribution is -2.51. The van der Waals surface area contributed by atoms with Crippen molar-refractivity contribution in [3.63, 3.8) is 0 Å². The first-order chi connectivity index (χ1) is 12.9. The Kier molecular flexibility index (Phi) is 5.41. The predicted octanol–water partition coefficient (Wildman–Crippen LogP) is -2.72. The molecule has 1 fully saturated rings. The van der Waals surface area contributed by atoms with Gasteiger partial charge in [0.25, 0.3) is 5.56 Å². The summed E-state index contributed by atoms with van der Waals surface area (Å²) in [5.41, 5.74) is 4.43. The van der Waals surface area contributed by atoms with Crippen LogP contribution in [0.1, 0.15) is 26.0 Å². The van der Waals surface area contributed by atoms with Crippen LogP contribution in [-0.4, -0.2) is 66.5 Å². The fraction of sp³-hybridized carbons (Fsp3) is 0.600. The molecule has 7 N–H and O–H groups in total. The lowest BCUT2D eigenvalue weighted by Gasteiger charge is -2.24. The standard InChI is InChI=1S/C15H22N6O6/c1-2-3-6(16)12(24)18-8-10(23)7(4-22)27-14(8)21-5-17-9-11(21)19-15(26)20-13(9)25/h5-8,10,14,22-23H,2-4,16H2,1H3,(H,18,24)(H2,19,20,25,26)/t6?,7-,8+,10?,14-/m1/s1. The second-order valence-corrected chi connectivity index (χ2v) is 6.43.